The highest BCUT2D eigenvalue weighted by molar-refractivity contribution is 6.02. The lowest BCUT2D eigenvalue weighted by atomic mass is 10.2. The van der Waals surface area contributed by atoms with Crippen molar-refractivity contribution in [3.8, 4) is 5.75 Å². The van der Waals surface area contributed by atoms with Crippen LogP contribution in [0.4, 0.5) is 0 Å². The third kappa shape index (κ3) is 3.87. The number of likely N-dealkylation sites (N-methyl/N-ethyl adjacent to an activating group) is 1. The first-order valence-corrected chi connectivity index (χ1v) is 6.96. The molecule has 0 saturated carbocycles. The second-order valence-corrected chi connectivity index (χ2v) is 4.71. The molecule has 6 heteroatoms. The van der Waals surface area contributed by atoms with Crippen LogP contribution in [0.25, 0.3) is 0 Å². The predicted molar refractivity (Wildman–Crippen MR) is 82.7 cm³/mol. The zero-order chi connectivity index (χ0) is 16.7. The van der Waals surface area contributed by atoms with E-state index in [0.29, 0.717) is 0 Å². The molecular formula is C17H17NO5. The molecule has 0 amide bonds. The van der Waals surface area contributed by atoms with E-state index in [0.717, 1.165) is 5.56 Å². The molecule has 0 aliphatic rings. The van der Waals surface area contributed by atoms with Gasteiger partial charge in [0.2, 0.25) is 0 Å². The van der Waals surface area contributed by atoms with Gasteiger partial charge in [-0.1, -0.05) is 48.5 Å². The van der Waals surface area contributed by atoms with E-state index in [1.807, 2.05) is 6.07 Å². The number of hydrogen-bond donors (Lipinski definition) is 2. The first-order valence-electron chi connectivity index (χ1n) is 6.96. The molecule has 0 aliphatic heterocycles. The van der Waals surface area contributed by atoms with Gasteiger partial charge >= 0.3 is 17.7 Å². The van der Waals surface area contributed by atoms with Crippen LogP contribution in [0, 0.1) is 0 Å². The minimum absolute atomic E-state index is 0.0471. The monoisotopic (exact) mass is 315 g/mol. The Bertz CT molecular complexity index is 659. The lowest BCUT2D eigenvalue weighted by molar-refractivity contribution is -0.180. The molecule has 2 rings (SSSR count). The first kappa shape index (κ1) is 16.5. The molecule has 0 aromatic heterocycles. The van der Waals surface area contributed by atoms with Crippen molar-refractivity contribution in [2.24, 2.45) is 0 Å². The second kappa shape index (κ2) is 7.42. The number of carboxylic acid groups (broad SMARTS) is 1. The fourth-order valence-corrected chi connectivity index (χ4v) is 1.92. The van der Waals surface area contributed by atoms with Gasteiger partial charge in [0, 0.05) is 0 Å². The molecule has 0 fully saturated rings. The minimum Gasteiger partial charge on any atom is -0.477 e. The Hall–Kier alpha value is -2.86. The smallest absolute Gasteiger partial charge is 0.379 e. The second-order valence-electron chi connectivity index (χ2n) is 4.71. The van der Waals surface area contributed by atoms with Crippen LogP contribution in [0.5, 0.6) is 5.75 Å². The molecule has 0 saturated heterocycles. The summed E-state index contributed by atoms with van der Waals surface area (Å²) in [5.41, 5.74) is -1.56. The standard InChI is InChI=1S/C17H17NO5/c1-18-17(15(19)20,23-14-10-6-3-7-11-14)16(21)22-12-13-8-4-2-5-9-13/h2-11,18H,12H2,1H3,(H,19,20). The van der Waals surface area contributed by atoms with Crippen LogP contribution in [-0.4, -0.2) is 29.8 Å². The maximum Gasteiger partial charge on any atom is 0.379 e. The summed E-state index contributed by atoms with van der Waals surface area (Å²) < 4.78 is 10.5. The summed E-state index contributed by atoms with van der Waals surface area (Å²) >= 11 is 0. The van der Waals surface area contributed by atoms with Crippen molar-refractivity contribution >= 4 is 11.9 Å². The summed E-state index contributed by atoms with van der Waals surface area (Å²) in [4.78, 5) is 23.9. The molecule has 0 radical (unpaired) electrons. The third-order valence-electron chi connectivity index (χ3n) is 3.17. The van der Waals surface area contributed by atoms with E-state index in [1.165, 1.54) is 7.05 Å². The normalized spacial score (nSPS) is 12.9. The van der Waals surface area contributed by atoms with Crippen molar-refractivity contribution in [1.29, 1.82) is 0 Å². The van der Waals surface area contributed by atoms with Crippen LogP contribution in [-0.2, 0) is 20.9 Å². The van der Waals surface area contributed by atoms with Crippen LogP contribution in [0.2, 0.25) is 0 Å². The predicted octanol–water partition coefficient (Wildman–Crippen LogP) is 1.81. The Labute approximate surface area is 133 Å². The summed E-state index contributed by atoms with van der Waals surface area (Å²) in [6.45, 7) is -0.0471. The van der Waals surface area contributed by atoms with E-state index in [9.17, 15) is 14.7 Å². The number of rotatable bonds is 7. The van der Waals surface area contributed by atoms with Crippen molar-refractivity contribution in [2.75, 3.05) is 7.05 Å². The van der Waals surface area contributed by atoms with Crippen molar-refractivity contribution < 1.29 is 24.2 Å². The maximum atomic E-state index is 12.3. The molecule has 2 aromatic carbocycles. The topological polar surface area (TPSA) is 84.9 Å². The number of benzene rings is 2. The maximum absolute atomic E-state index is 12.3. The van der Waals surface area contributed by atoms with Gasteiger partial charge in [-0.3, -0.25) is 5.32 Å². The van der Waals surface area contributed by atoms with E-state index in [1.54, 1.807) is 54.6 Å². The molecule has 1 unspecified atom stereocenters. The van der Waals surface area contributed by atoms with Crippen LogP contribution < -0.4 is 10.1 Å². The highest BCUT2D eigenvalue weighted by atomic mass is 16.6. The SMILES string of the molecule is CNC(Oc1ccccc1)(C(=O)O)C(=O)OCc1ccccc1. The van der Waals surface area contributed by atoms with Crippen LogP contribution >= 0.6 is 0 Å². The van der Waals surface area contributed by atoms with Gasteiger partial charge in [-0.15, -0.1) is 0 Å². The number of carbonyl (C=O) groups excluding carboxylic acids is 1. The Morgan fingerprint density at radius 1 is 1.04 bits per heavy atom. The van der Waals surface area contributed by atoms with E-state index in [2.05, 4.69) is 5.32 Å². The number of esters is 1. The van der Waals surface area contributed by atoms with E-state index < -0.39 is 17.7 Å². The number of aliphatic carboxylic acids is 1. The number of ether oxygens (including phenoxy) is 2. The number of para-hydroxylation sites is 1. The lowest BCUT2D eigenvalue weighted by Crippen LogP contribution is -2.62. The zero-order valence-electron chi connectivity index (χ0n) is 12.6. The van der Waals surface area contributed by atoms with Crippen LogP contribution in [0.1, 0.15) is 5.56 Å². The van der Waals surface area contributed by atoms with Gasteiger partial charge in [0.1, 0.15) is 12.4 Å². The van der Waals surface area contributed by atoms with Crippen LogP contribution in [0.3, 0.4) is 0 Å². The molecule has 6 nitrogen and oxygen atoms in total. The molecule has 2 aromatic rings. The van der Waals surface area contributed by atoms with Crippen molar-refractivity contribution in [2.45, 2.75) is 12.3 Å². The van der Waals surface area contributed by atoms with E-state index in [-0.39, 0.29) is 12.4 Å². The fourth-order valence-electron chi connectivity index (χ4n) is 1.92. The first-order chi connectivity index (χ1) is 11.1. The number of carboxylic acids is 1. The van der Waals surface area contributed by atoms with Crippen molar-refractivity contribution in [3.63, 3.8) is 0 Å². The van der Waals surface area contributed by atoms with Gasteiger partial charge in [0.15, 0.2) is 0 Å². The average Bonchev–Trinajstić information content (AvgIpc) is 2.59. The van der Waals surface area contributed by atoms with Gasteiger partial charge in [-0.25, -0.2) is 9.59 Å². The quantitative estimate of drug-likeness (QED) is 0.460. The van der Waals surface area contributed by atoms with Gasteiger partial charge in [0.25, 0.3) is 0 Å². The van der Waals surface area contributed by atoms with Gasteiger partial charge in [-0.2, -0.15) is 0 Å². The number of carbonyl (C=O) groups is 2. The van der Waals surface area contributed by atoms with Crippen LogP contribution in [0.15, 0.2) is 60.7 Å². The highest BCUT2D eigenvalue weighted by Gasteiger charge is 2.50. The number of nitrogens with one attached hydrogen (secondary N) is 1. The molecule has 0 aliphatic carbocycles. The summed E-state index contributed by atoms with van der Waals surface area (Å²) in [6.07, 6.45) is 0. The lowest BCUT2D eigenvalue weighted by Gasteiger charge is -2.27. The molecule has 0 heterocycles. The summed E-state index contributed by atoms with van der Waals surface area (Å²) in [6, 6.07) is 17.2. The Balaban J connectivity index is 2.16. The zero-order valence-corrected chi connectivity index (χ0v) is 12.6. The highest BCUT2D eigenvalue weighted by Crippen LogP contribution is 2.19. The largest absolute Gasteiger partial charge is 0.477 e. The van der Waals surface area contributed by atoms with Crippen molar-refractivity contribution in [3.05, 3.63) is 66.2 Å². The average molecular weight is 315 g/mol. The fraction of sp³-hybridized carbons (Fsp3) is 0.176. The number of hydrogen-bond acceptors (Lipinski definition) is 5. The minimum atomic E-state index is -2.31. The Morgan fingerprint density at radius 3 is 2.13 bits per heavy atom. The van der Waals surface area contributed by atoms with Crippen molar-refractivity contribution in [1.82, 2.24) is 5.32 Å². The molecule has 2 N–H and O–H groups in total. The summed E-state index contributed by atoms with van der Waals surface area (Å²) in [5, 5.41) is 11.9. The van der Waals surface area contributed by atoms with Gasteiger partial charge in [0.05, 0.1) is 0 Å². The van der Waals surface area contributed by atoms with Gasteiger partial charge < -0.3 is 14.6 Å². The molecule has 23 heavy (non-hydrogen) atoms. The molecule has 1 atom stereocenters. The summed E-state index contributed by atoms with van der Waals surface area (Å²) in [7, 11) is 1.32. The van der Waals surface area contributed by atoms with Gasteiger partial charge in [-0.05, 0) is 24.7 Å². The molecule has 120 valence electrons. The van der Waals surface area contributed by atoms with E-state index >= 15 is 0 Å². The third-order valence-corrected chi connectivity index (χ3v) is 3.17. The molecular weight excluding hydrogens is 298 g/mol. The molecule has 0 spiro atoms. The Morgan fingerprint density at radius 2 is 1.61 bits per heavy atom. The summed E-state index contributed by atoms with van der Waals surface area (Å²) in [5.74, 6) is -2.27. The van der Waals surface area contributed by atoms with E-state index in [4.69, 9.17) is 9.47 Å². The molecule has 0 bridgehead atoms. The Kier molecular flexibility index (Phi) is 5.32.